The van der Waals surface area contributed by atoms with Crippen molar-refractivity contribution in [3.8, 4) is 5.75 Å². The zero-order chi connectivity index (χ0) is 9.68. The van der Waals surface area contributed by atoms with Crippen LogP contribution in [0.4, 0.5) is 0 Å². The van der Waals surface area contributed by atoms with Crippen LogP contribution in [0.3, 0.4) is 0 Å². The van der Waals surface area contributed by atoms with E-state index in [-0.39, 0.29) is 0 Å². The highest BCUT2D eigenvalue weighted by Gasteiger charge is 1.95. The van der Waals surface area contributed by atoms with Gasteiger partial charge in [-0.2, -0.15) is 0 Å². The first-order valence-corrected chi connectivity index (χ1v) is 5.16. The van der Waals surface area contributed by atoms with Crippen LogP contribution >= 0.6 is 39.1 Å². The molecule has 0 atom stereocenters. The average molecular weight is 282 g/mol. The normalized spacial score (nSPS) is 11.5. The van der Waals surface area contributed by atoms with Gasteiger partial charge in [-0.05, 0) is 24.3 Å². The molecule has 0 aliphatic rings. The van der Waals surface area contributed by atoms with Crippen molar-refractivity contribution in [2.24, 2.45) is 0 Å². The van der Waals surface area contributed by atoms with Gasteiger partial charge in [-0.25, -0.2) is 0 Å². The molecule has 0 heterocycles. The number of halogens is 3. The third-order valence-electron chi connectivity index (χ3n) is 1.31. The Hall–Kier alpha value is -0.180. The third kappa shape index (κ3) is 4.03. The highest BCUT2D eigenvalue weighted by Crippen LogP contribution is 2.17. The Labute approximate surface area is 95.4 Å². The molecule has 1 nitrogen and oxygen atoms in total. The molecule has 4 heteroatoms. The van der Waals surface area contributed by atoms with E-state index in [2.05, 4.69) is 15.9 Å². The second-order valence-electron chi connectivity index (χ2n) is 2.30. The van der Waals surface area contributed by atoms with Crippen molar-refractivity contribution in [2.45, 2.75) is 0 Å². The fourth-order valence-corrected chi connectivity index (χ4v) is 1.10. The van der Waals surface area contributed by atoms with Gasteiger partial charge in [0.1, 0.15) is 12.4 Å². The van der Waals surface area contributed by atoms with Crippen LogP contribution < -0.4 is 4.74 Å². The Bertz CT molecular complexity index is 295. The lowest BCUT2D eigenvalue weighted by Gasteiger charge is -2.03. The lowest BCUT2D eigenvalue weighted by atomic mass is 10.3. The molecule has 0 aromatic heterocycles. The first-order valence-electron chi connectivity index (χ1n) is 3.55. The van der Waals surface area contributed by atoms with Gasteiger partial charge in [-0.3, -0.25) is 0 Å². The molecule has 0 bridgehead atoms. The molecular weight excluding hydrogens is 275 g/mol. The Kier molecular flexibility index (Phi) is 4.64. The molecule has 0 aliphatic heterocycles. The Morgan fingerprint density at radius 2 is 2.00 bits per heavy atom. The highest BCUT2D eigenvalue weighted by molar-refractivity contribution is 9.10. The molecule has 0 unspecified atom stereocenters. The predicted octanol–water partition coefficient (Wildman–Crippen LogP) is 4.15. The van der Waals surface area contributed by atoms with Crippen LogP contribution in [-0.4, -0.2) is 6.61 Å². The lowest BCUT2D eigenvalue weighted by Crippen LogP contribution is -1.96. The second-order valence-corrected chi connectivity index (χ2v) is 3.92. The van der Waals surface area contributed by atoms with E-state index in [1.165, 1.54) is 5.54 Å². The van der Waals surface area contributed by atoms with Crippen LogP contribution in [0.15, 0.2) is 39.3 Å². The monoisotopic (exact) mass is 280 g/mol. The van der Waals surface area contributed by atoms with Gasteiger partial charge in [-0.1, -0.05) is 39.1 Å². The molecule has 1 rings (SSSR count). The largest absolute Gasteiger partial charge is 0.488 e. The van der Waals surface area contributed by atoms with Gasteiger partial charge in [0.05, 0.1) is 5.03 Å². The third-order valence-corrected chi connectivity index (χ3v) is 2.43. The number of rotatable bonds is 3. The quantitative estimate of drug-likeness (QED) is 0.809. The standard InChI is InChI=1S/C9H7BrCl2O/c10-7-1-3-9(4-2-7)13-6-8(12)5-11/h1-5H,6H2. The van der Waals surface area contributed by atoms with Gasteiger partial charge >= 0.3 is 0 Å². The van der Waals surface area contributed by atoms with E-state index in [1.54, 1.807) is 0 Å². The van der Waals surface area contributed by atoms with Crippen molar-refractivity contribution in [3.63, 3.8) is 0 Å². The Morgan fingerprint density at radius 3 is 2.54 bits per heavy atom. The molecule has 0 N–H and O–H groups in total. The van der Waals surface area contributed by atoms with Crippen molar-refractivity contribution in [3.05, 3.63) is 39.3 Å². The second kappa shape index (κ2) is 5.53. The van der Waals surface area contributed by atoms with Crippen molar-refractivity contribution in [1.82, 2.24) is 0 Å². The summed E-state index contributed by atoms with van der Waals surface area (Å²) >= 11 is 14.3. The van der Waals surface area contributed by atoms with Gasteiger partial charge in [-0.15, -0.1) is 0 Å². The first-order chi connectivity index (χ1) is 6.22. The first kappa shape index (κ1) is 10.9. The van der Waals surface area contributed by atoms with Crippen LogP contribution in [0.5, 0.6) is 5.75 Å². The van der Waals surface area contributed by atoms with E-state index in [4.69, 9.17) is 27.9 Å². The maximum Gasteiger partial charge on any atom is 0.125 e. The van der Waals surface area contributed by atoms with Gasteiger partial charge in [0.15, 0.2) is 0 Å². The van der Waals surface area contributed by atoms with E-state index in [0.717, 1.165) is 10.2 Å². The minimum Gasteiger partial charge on any atom is -0.488 e. The molecule has 70 valence electrons. The smallest absolute Gasteiger partial charge is 0.125 e. The molecule has 0 spiro atoms. The van der Waals surface area contributed by atoms with Crippen molar-refractivity contribution < 1.29 is 4.74 Å². The van der Waals surface area contributed by atoms with Crippen LogP contribution in [-0.2, 0) is 0 Å². The minimum atomic E-state index is 0.298. The Morgan fingerprint density at radius 1 is 1.38 bits per heavy atom. The summed E-state index contributed by atoms with van der Waals surface area (Å²) in [5.74, 6) is 0.764. The molecule has 0 aliphatic carbocycles. The zero-order valence-corrected chi connectivity index (χ0v) is 9.73. The molecule has 1 aromatic rings. The zero-order valence-electron chi connectivity index (χ0n) is 6.64. The summed E-state index contributed by atoms with van der Waals surface area (Å²) in [7, 11) is 0. The molecule has 1 aromatic carbocycles. The van der Waals surface area contributed by atoms with Gasteiger partial charge < -0.3 is 4.74 Å². The van der Waals surface area contributed by atoms with E-state index >= 15 is 0 Å². The molecule has 0 amide bonds. The van der Waals surface area contributed by atoms with E-state index in [0.29, 0.717) is 11.6 Å². The molecule has 0 saturated heterocycles. The summed E-state index contributed by atoms with van der Waals surface area (Å²) < 4.78 is 6.32. The summed E-state index contributed by atoms with van der Waals surface area (Å²) in [5.41, 5.74) is 1.29. The van der Waals surface area contributed by atoms with Crippen molar-refractivity contribution in [2.75, 3.05) is 6.61 Å². The fraction of sp³-hybridized carbons (Fsp3) is 0.111. The van der Waals surface area contributed by atoms with Crippen LogP contribution in [0, 0.1) is 0 Å². The molecule has 13 heavy (non-hydrogen) atoms. The van der Waals surface area contributed by atoms with Crippen LogP contribution in [0.2, 0.25) is 0 Å². The van der Waals surface area contributed by atoms with Crippen LogP contribution in [0.1, 0.15) is 0 Å². The molecule has 0 fully saturated rings. The van der Waals surface area contributed by atoms with Crippen LogP contribution in [0.25, 0.3) is 0 Å². The summed E-state index contributed by atoms with van der Waals surface area (Å²) in [6.07, 6.45) is 0. The molecular formula is C9H7BrCl2O. The fourth-order valence-electron chi connectivity index (χ4n) is 0.715. The number of ether oxygens (including phenoxy) is 1. The molecule has 0 radical (unpaired) electrons. The van der Waals surface area contributed by atoms with Crippen molar-refractivity contribution in [1.29, 1.82) is 0 Å². The minimum absolute atomic E-state index is 0.298. The summed E-state index contributed by atoms with van der Waals surface area (Å²) in [4.78, 5) is 0. The highest BCUT2D eigenvalue weighted by atomic mass is 79.9. The number of benzene rings is 1. The summed E-state index contributed by atoms with van der Waals surface area (Å²) in [6, 6.07) is 7.49. The van der Waals surface area contributed by atoms with E-state index < -0.39 is 0 Å². The van der Waals surface area contributed by atoms with E-state index in [9.17, 15) is 0 Å². The number of hydrogen-bond donors (Lipinski definition) is 0. The van der Waals surface area contributed by atoms with Gasteiger partial charge in [0.2, 0.25) is 0 Å². The summed E-state index contributed by atoms with van der Waals surface area (Å²) in [5, 5.41) is 0.476. The maximum absolute atomic E-state index is 5.64. The SMILES string of the molecule is ClC=C(Cl)COc1ccc(Br)cc1. The lowest BCUT2D eigenvalue weighted by molar-refractivity contribution is 0.359. The van der Waals surface area contributed by atoms with Crippen molar-refractivity contribution >= 4 is 39.1 Å². The number of hydrogen-bond acceptors (Lipinski definition) is 1. The van der Waals surface area contributed by atoms with E-state index in [1.807, 2.05) is 24.3 Å². The molecule has 0 saturated carbocycles. The summed E-state index contributed by atoms with van der Waals surface area (Å²) in [6.45, 7) is 0.298. The Balaban J connectivity index is 2.51. The maximum atomic E-state index is 5.64. The average Bonchev–Trinajstić information content (AvgIpc) is 2.16. The topological polar surface area (TPSA) is 9.23 Å². The predicted molar refractivity (Wildman–Crippen MR) is 59.4 cm³/mol. The van der Waals surface area contributed by atoms with Gasteiger partial charge in [0, 0.05) is 10.0 Å². The van der Waals surface area contributed by atoms with Gasteiger partial charge in [0.25, 0.3) is 0 Å².